The minimum atomic E-state index is -0.491. The highest BCUT2D eigenvalue weighted by Crippen LogP contribution is 2.19. The average Bonchev–Trinajstić information content (AvgIpc) is 2.34. The molecule has 0 atom stereocenters. The Hall–Kier alpha value is -2.43. The number of rotatable bonds is 3. The zero-order valence-corrected chi connectivity index (χ0v) is 9.99. The van der Waals surface area contributed by atoms with Gasteiger partial charge in [-0.15, -0.1) is 0 Å². The van der Waals surface area contributed by atoms with Crippen LogP contribution >= 0.6 is 0 Å². The van der Waals surface area contributed by atoms with Crippen molar-refractivity contribution in [2.75, 3.05) is 11.1 Å². The number of amides is 1. The van der Waals surface area contributed by atoms with E-state index in [0.29, 0.717) is 5.56 Å². The molecule has 0 saturated heterocycles. The fraction of sp³-hybridized carbons (Fsp3) is 0.0714. The summed E-state index contributed by atoms with van der Waals surface area (Å²) < 4.78 is 26.0. The highest BCUT2D eigenvalue weighted by Gasteiger charge is 2.08. The number of nitrogen functional groups attached to an aromatic ring is 1. The van der Waals surface area contributed by atoms with Crippen molar-refractivity contribution >= 4 is 17.3 Å². The number of halogens is 2. The lowest BCUT2D eigenvalue weighted by atomic mass is 10.1. The number of carbonyl (C=O) groups is 1. The lowest BCUT2D eigenvalue weighted by molar-refractivity contribution is -0.115. The van der Waals surface area contributed by atoms with Gasteiger partial charge in [-0.05, 0) is 35.9 Å². The van der Waals surface area contributed by atoms with Crippen LogP contribution in [0.1, 0.15) is 5.56 Å². The summed E-state index contributed by atoms with van der Waals surface area (Å²) in [5, 5.41) is 2.49. The number of hydrogen-bond donors (Lipinski definition) is 2. The number of hydrogen-bond acceptors (Lipinski definition) is 2. The summed E-state index contributed by atoms with van der Waals surface area (Å²) in [5.74, 6) is -1.28. The standard InChI is InChI=1S/C14H12F2N2O/c15-10-3-1-2-9(6-10)7-14(19)18-13-8-11(16)4-5-12(13)17/h1-6,8H,7,17H2,(H,18,19). The first-order valence-electron chi connectivity index (χ1n) is 5.64. The van der Waals surface area contributed by atoms with Gasteiger partial charge < -0.3 is 11.1 Å². The van der Waals surface area contributed by atoms with Gasteiger partial charge in [-0.25, -0.2) is 8.78 Å². The van der Waals surface area contributed by atoms with E-state index in [0.717, 1.165) is 6.07 Å². The second kappa shape index (κ2) is 5.48. The summed E-state index contributed by atoms with van der Waals surface area (Å²) in [4.78, 5) is 11.7. The second-order valence-electron chi connectivity index (χ2n) is 4.09. The van der Waals surface area contributed by atoms with Gasteiger partial charge in [-0.3, -0.25) is 4.79 Å². The zero-order valence-electron chi connectivity index (χ0n) is 9.99. The van der Waals surface area contributed by atoms with Gasteiger partial charge in [0, 0.05) is 0 Å². The molecule has 0 aliphatic heterocycles. The maximum Gasteiger partial charge on any atom is 0.228 e. The minimum absolute atomic E-state index is 0.00624. The number of anilines is 2. The molecule has 0 unspecified atom stereocenters. The van der Waals surface area contributed by atoms with Crippen molar-refractivity contribution in [2.45, 2.75) is 6.42 Å². The van der Waals surface area contributed by atoms with E-state index in [1.54, 1.807) is 6.07 Å². The van der Waals surface area contributed by atoms with Crippen LogP contribution in [0.5, 0.6) is 0 Å². The summed E-state index contributed by atoms with van der Waals surface area (Å²) in [6.45, 7) is 0. The molecular weight excluding hydrogens is 250 g/mol. The maximum absolute atomic E-state index is 13.0. The zero-order chi connectivity index (χ0) is 13.8. The van der Waals surface area contributed by atoms with Crippen LogP contribution in [-0.2, 0) is 11.2 Å². The van der Waals surface area contributed by atoms with E-state index < -0.39 is 11.6 Å². The highest BCUT2D eigenvalue weighted by molar-refractivity contribution is 5.95. The molecule has 0 aliphatic carbocycles. The fourth-order valence-electron chi connectivity index (χ4n) is 1.66. The van der Waals surface area contributed by atoms with E-state index in [2.05, 4.69) is 5.32 Å². The van der Waals surface area contributed by atoms with Crippen molar-refractivity contribution < 1.29 is 13.6 Å². The van der Waals surface area contributed by atoms with Crippen molar-refractivity contribution in [1.29, 1.82) is 0 Å². The van der Waals surface area contributed by atoms with E-state index in [-0.39, 0.29) is 23.7 Å². The summed E-state index contributed by atoms with van der Waals surface area (Å²) in [6.07, 6.45) is -0.00624. The van der Waals surface area contributed by atoms with Crippen LogP contribution in [0.15, 0.2) is 42.5 Å². The Balaban J connectivity index is 2.07. The third-order valence-electron chi connectivity index (χ3n) is 2.54. The molecule has 0 saturated carbocycles. The Morgan fingerprint density at radius 3 is 2.58 bits per heavy atom. The Morgan fingerprint density at radius 1 is 1.11 bits per heavy atom. The molecule has 3 nitrogen and oxygen atoms in total. The lowest BCUT2D eigenvalue weighted by Crippen LogP contribution is -2.15. The molecule has 0 heterocycles. The van der Waals surface area contributed by atoms with Crippen LogP contribution in [0.4, 0.5) is 20.2 Å². The first kappa shape index (κ1) is 13.0. The summed E-state index contributed by atoms with van der Waals surface area (Å²) in [6, 6.07) is 9.44. The highest BCUT2D eigenvalue weighted by atomic mass is 19.1. The van der Waals surface area contributed by atoms with Gasteiger partial charge in [0.1, 0.15) is 11.6 Å². The van der Waals surface area contributed by atoms with Gasteiger partial charge in [-0.1, -0.05) is 12.1 Å². The van der Waals surface area contributed by atoms with Gasteiger partial charge >= 0.3 is 0 Å². The molecule has 0 bridgehead atoms. The summed E-state index contributed by atoms with van der Waals surface area (Å²) in [5.41, 5.74) is 6.63. The van der Waals surface area contributed by atoms with Crippen molar-refractivity contribution in [3.8, 4) is 0 Å². The quantitative estimate of drug-likeness (QED) is 0.836. The number of benzene rings is 2. The average molecular weight is 262 g/mol. The van der Waals surface area contributed by atoms with Gasteiger partial charge in [0.2, 0.25) is 5.91 Å². The van der Waals surface area contributed by atoms with Crippen LogP contribution in [0.3, 0.4) is 0 Å². The predicted octanol–water partition coefficient (Wildman–Crippen LogP) is 2.73. The van der Waals surface area contributed by atoms with Crippen LogP contribution in [0.25, 0.3) is 0 Å². The van der Waals surface area contributed by atoms with Crippen molar-refractivity contribution in [3.63, 3.8) is 0 Å². The molecule has 0 radical (unpaired) electrons. The number of nitrogens with one attached hydrogen (secondary N) is 1. The molecule has 2 aromatic rings. The normalized spacial score (nSPS) is 10.2. The molecule has 19 heavy (non-hydrogen) atoms. The molecule has 0 fully saturated rings. The van der Waals surface area contributed by atoms with Gasteiger partial charge in [0.25, 0.3) is 0 Å². The predicted molar refractivity (Wildman–Crippen MR) is 69.5 cm³/mol. The third-order valence-corrected chi connectivity index (χ3v) is 2.54. The van der Waals surface area contributed by atoms with E-state index in [9.17, 15) is 13.6 Å². The first-order valence-corrected chi connectivity index (χ1v) is 5.64. The molecule has 5 heteroatoms. The topological polar surface area (TPSA) is 55.1 Å². The van der Waals surface area contributed by atoms with Gasteiger partial charge in [-0.2, -0.15) is 0 Å². The molecule has 3 N–H and O–H groups in total. The van der Waals surface area contributed by atoms with E-state index in [1.165, 1.54) is 30.3 Å². The smallest absolute Gasteiger partial charge is 0.228 e. The monoisotopic (exact) mass is 262 g/mol. The van der Waals surface area contributed by atoms with Crippen molar-refractivity contribution in [1.82, 2.24) is 0 Å². The van der Waals surface area contributed by atoms with Crippen molar-refractivity contribution in [3.05, 3.63) is 59.7 Å². The Morgan fingerprint density at radius 2 is 1.84 bits per heavy atom. The first-order chi connectivity index (χ1) is 9.04. The van der Waals surface area contributed by atoms with E-state index in [1.807, 2.05) is 0 Å². The molecule has 0 spiro atoms. The molecule has 0 aliphatic rings. The second-order valence-corrected chi connectivity index (χ2v) is 4.09. The van der Waals surface area contributed by atoms with Gasteiger partial charge in [0.15, 0.2) is 0 Å². The van der Waals surface area contributed by atoms with Crippen LogP contribution in [0, 0.1) is 11.6 Å². The van der Waals surface area contributed by atoms with Crippen LogP contribution in [-0.4, -0.2) is 5.91 Å². The fourth-order valence-corrected chi connectivity index (χ4v) is 1.66. The van der Waals surface area contributed by atoms with Gasteiger partial charge in [0.05, 0.1) is 17.8 Å². The van der Waals surface area contributed by atoms with E-state index >= 15 is 0 Å². The van der Waals surface area contributed by atoms with Crippen LogP contribution in [0.2, 0.25) is 0 Å². The van der Waals surface area contributed by atoms with Crippen LogP contribution < -0.4 is 11.1 Å². The minimum Gasteiger partial charge on any atom is -0.397 e. The van der Waals surface area contributed by atoms with E-state index in [4.69, 9.17) is 5.73 Å². The molecule has 2 aromatic carbocycles. The molecular formula is C14H12F2N2O. The molecule has 2 rings (SSSR count). The Kier molecular flexibility index (Phi) is 3.75. The maximum atomic E-state index is 13.0. The Labute approximate surface area is 109 Å². The number of nitrogens with two attached hydrogens (primary N) is 1. The molecule has 1 amide bonds. The summed E-state index contributed by atoms with van der Waals surface area (Å²) in [7, 11) is 0. The Bertz CT molecular complexity index is 614. The molecule has 98 valence electrons. The SMILES string of the molecule is Nc1ccc(F)cc1NC(=O)Cc1cccc(F)c1. The molecule has 0 aromatic heterocycles. The van der Waals surface area contributed by atoms with Crippen molar-refractivity contribution in [2.24, 2.45) is 0 Å². The third kappa shape index (κ3) is 3.51. The lowest BCUT2D eigenvalue weighted by Gasteiger charge is -2.08. The number of carbonyl (C=O) groups excluding carboxylic acids is 1. The summed E-state index contributed by atoms with van der Waals surface area (Å²) >= 11 is 0. The largest absolute Gasteiger partial charge is 0.397 e.